The van der Waals surface area contributed by atoms with Gasteiger partial charge in [0.2, 0.25) is 0 Å². The molecule has 0 unspecified atom stereocenters. The van der Waals surface area contributed by atoms with E-state index in [0.29, 0.717) is 0 Å². The normalized spacial score (nSPS) is 11.8. The van der Waals surface area contributed by atoms with Crippen LogP contribution < -0.4 is 5.32 Å². The van der Waals surface area contributed by atoms with E-state index in [1.54, 1.807) is 12.1 Å². The van der Waals surface area contributed by atoms with E-state index in [1.165, 1.54) is 12.1 Å². The first-order valence-electron chi connectivity index (χ1n) is 7.82. The van der Waals surface area contributed by atoms with E-state index in [-0.39, 0.29) is 11.6 Å². The smallest absolute Gasteiger partial charge is 0.255 e. The summed E-state index contributed by atoms with van der Waals surface area (Å²) >= 11 is 0. The molecule has 3 heteroatoms. The van der Waals surface area contributed by atoms with E-state index in [1.807, 2.05) is 61.5 Å². The fourth-order valence-electron chi connectivity index (χ4n) is 2.62. The molecule has 2 nitrogen and oxygen atoms in total. The maximum atomic E-state index is 13.9. The second kappa shape index (κ2) is 7.09. The monoisotopic (exact) mass is 319 g/mol. The zero-order valence-corrected chi connectivity index (χ0v) is 13.4. The summed E-state index contributed by atoms with van der Waals surface area (Å²) in [4.78, 5) is 12.5. The van der Waals surface area contributed by atoms with Gasteiger partial charge in [-0.05, 0) is 30.2 Å². The van der Waals surface area contributed by atoms with E-state index in [4.69, 9.17) is 0 Å². The summed E-state index contributed by atoms with van der Waals surface area (Å²) in [5.41, 5.74) is 3.10. The Hall–Kier alpha value is -2.94. The summed E-state index contributed by atoms with van der Waals surface area (Å²) in [6, 6.07) is 23.3. The summed E-state index contributed by atoms with van der Waals surface area (Å²) in [5.74, 6) is -0.951. The van der Waals surface area contributed by atoms with Gasteiger partial charge in [-0.2, -0.15) is 0 Å². The van der Waals surface area contributed by atoms with Crippen molar-refractivity contribution in [3.63, 3.8) is 0 Å². The van der Waals surface area contributed by atoms with Crippen LogP contribution in [0.25, 0.3) is 0 Å². The van der Waals surface area contributed by atoms with Crippen LogP contribution in [0.1, 0.15) is 33.1 Å². The molecule has 0 aromatic heterocycles. The summed E-state index contributed by atoms with van der Waals surface area (Å²) in [6.45, 7) is 2.01. The Kier molecular flexibility index (Phi) is 4.71. The molecule has 3 rings (SSSR count). The van der Waals surface area contributed by atoms with Gasteiger partial charge in [-0.15, -0.1) is 0 Å². The molecule has 1 N–H and O–H groups in total. The third kappa shape index (κ3) is 3.51. The van der Waals surface area contributed by atoms with Crippen LogP contribution in [0.4, 0.5) is 4.39 Å². The maximum Gasteiger partial charge on any atom is 0.255 e. The van der Waals surface area contributed by atoms with Crippen LogP contribution in [0.5, 0.6) is 0 Å². The number of rotatable bonds is 4. The third-order valence-electron chi connectivity index (χ3n) is 3.94. The summed E-state index contributed by atoms with van der Waals surface area (Å²) in [5, 5.41) is 2.95. The highest BCUT2D eigenvalue weighted by molar-refractivity contribution is 5.94. The average Bonchev–Trinajstić information content (AvgIpc) is 2.61. The largest absolute Gasteiger partial charge is 0.341 e. The molecule has 1 amide bonds. The maximum absolute atomic E-state index is 13.9. The second-order valence-electron chi connectivity index (χ2n) is 5.71. The molecule has 0 aliphatic rings. The zero-order chi connectivity index (χ0) is 16.9. The quantitative estimate of drug-likeness (QED) is 0.745. The molecule has 3 aromatic rings. The van der Waals surface area contributed by atoms with Gasteiger partial charge in [-0.25, -0.2) is 4.39 Å². The van der Waals surface area contributed by atoms with Crippen LogP contribution in [0.3, 0.4) is 0 Å². The second-order valence-corrected chi connectivity index (χ2v) is 5.71. The van der Waals surface area contributed by atoms with Crippen molar-refractivity contribution < 1.29 is 9.18 Å². The molecule has 0 radical (unpaired) electrons. The minimum Gasteiger partial charge on any atom is -0.341 e. The number of hydrogen-bond donors (Lipinski definition) is 1. The lowest BCUT2D eigenvalue weighted by molar-refractivity contribution is 0.0939. The molecule has 0 aliphatic heterocycles. The predicted octanol–water partition coefficient (Wildman–Crippen LogP) is 4.65. The summed E-state index contributed by atoms with van der Waals surface area (Å²) < 4.78 is 13.9. The van der Waals surface area contributed by atoms with Crippen LogP contribution in [-0.4, -0.2) is 5.91 Å². The fourth-order valence-corrected chi connectivity index (χ4v) is 2.62. The molecular weight excluding hydrogens is 301 g/mol. The van der Waals surface area contributed by atoms with E-state index in [0.717, 1.165) is 16.7 Å². The number of benzene rings is 3. The summed E-state index contributed by atoms with van der Waals surface area (Å²) in [6.07, 6.45) is 0. The van der Waals surface area contributed by atoms with Gasteiger partial charge in [0.15, 0.2) is 0 Å². The molecule has 0 spiro atoms. The van der Waals surface area contributed by atoms with Crippen LogP contribution in [0.2, 0.25) is 0 Å². The van der Waals surface area contributed by atoms with Crippen LogP contribution in [0, 0.1) is 12.7 Å². The molecule has 0 bridgehead atoms. The van der Waals surface area contributed by atoms with Gasteiger partial charge in [0.05, 0.1) is 11.6 Å². The van der Waals surface area contributed by atoms with E-state index < -0.39 is 11.7 Å². The molecule has 0 aliphatic carbocycles. The number of aryl methyl sites for hydroxylation is 1. The molecule has 24 heavy (non-hydrogen) atoms. The molecule has 0 saturated carbocycles. The number of amides is 1. The van der Waals surface area contributed by atoms with Crippen LogP contribution in [0.15, 0.2) is 78.9 Å². The first-order valence-corrected chi connectivity index (χ1v) is 7.82. The lowest BCUT2D eigenvalue weighted by Gasteiger charge is -2.20. The number of nitrogens with one attached hydrogen (secondary N) is 1. The lowest BCUT2D eigenvalue weighted by Crippen LogP contribution is -2.30. The van der Waals surface area contributed by atoms with Gasteiger partial charge in [0.1, 0.15) is 5.82 Å². The first-order chi connectivity index (χ1) is 11.6. The lowest BCUT2D eigenvalue weighted by atomic mass is 9.97. The predicted molar refractivity (Wildman–Crippen MR) is 93.3 cm³/mol. The van der Waals surface area contributed by atoms with Gasteiger partial charge >= 0.3 is 0 Å². The Bertz CT molecular complexity index is 828. The van der Waals surface area contributed by atoms with Crippen molar-refractivity contribution in [1.29, 1.82) is 0 Å². The summed E-state index contributed by atoms with van der Waals surface area (Å²) in [7, 11) is 0. The highest BCUT2D eigenvalue weighted by Crippen LogP contribution is 2.23. The van der Waals surface area contributed by atoms with Crippen LogP contribution >= 0.6 is 0 Å². The highest BCUT2D eigenvalue weighted by Gasteiger charge is 2.19. The molecule has 1 atom stereocenters. The van der Waals surface area contributed by atoms with Crippen molar-refractivity contribution in [2.75, 3.05) is 0 Å². The highest BCUT2D eigenvalue weighted by atomic mass is 19.1. The standard InChI is InChI=1S/C21H18FNO/c1-15-11-13-17(14-12-15)20(16-7-3-2-4-8-16)23-21(24)18-9-5-6-10-19(18)22/h2-14,20H,1H3,(H,23,24)/t20-/m0/s1. The van der Waals surface area contributed by atoms with Gasteiger partial charge in [-0.1, -0.05) is 72.3 Å². The average molecular weight is 319 g/mol. The van der Waals surface area contributed by atoms with Crippen molar-refractivity contribution in [2.24, 2.45) is 0 Å². The molecule has 120 valence electrons. The Morgan fingerprint density at radius 3 is 2.08 bits per heavy atom. The molecule has 3 aromatic carbocycles. The Morgan fingerprint density at radius 1 is 0.833 bits per heavy atom. The Labute approximate surface area is 141 Å². The van der Waals surface area contributed by atoms with Crippen molar-refractivity contribution in [3.8, 4) is 0 Å². The van der Waals surface area contributed by atoms with Crippen LogP contribution in [-0.2, 0) is 0 Å². The minimum atomic E-state index is -0.522. The van der Waals surface area contributed by atoms with E-state index >= 15 is 0 Å². The minimum absolute atomic E-state index is 0.0468. The number of carbonyl (C=O) groups excluding carboxylic acids is 1. The van der Waals surface area contributed by atoms with Crippen molar-refractivity contribution >= 4 is 5.91 Å². The molecule has 0 fully saturated rings. The third-order valence-corrected chi connectivity index (χ3v) is 3.94. The Balaban J connectivity index is 1.95. The Morgan fingerprint density at radius 2 is 1.42 bits per heavy atom. The van der Waals surface area contributed by atoms with Gasteiger partial charge < -0.3 is 5.32 Å². The van der Waals surface area contributed by atoms with E-state index in [9.17, 15) is 9.18 Å². The van der Waals surface area contributed by atoms with E-state index in [2.05, 4.69) is 5.32 Å². The molecular formula is C21H18FNO. The fraction of sp³-hybridized carbons (Fsp3) is 0.0952. The van der Waals surface area contributed by atoms with Gasteiger partial charge in [0.25, 0.3) is 5.91 Å². The molecule has 0 heterocycles. The van der Waals surface area contributed by atoms with Crippen molar-refractivity contribution in [3.05, 3.63) is 107 Å². The van der Waals surface area contributed by atoms with Gasteiger partial charge in [0, 0.05) is 0 Å². The topological polar surface area (TPSA) is 29.1 Å². The van der Waals surface area contributed by atoms with Crippen molar-refractivity contribution in [2.45, 2.75) is 13.0 Å². The van der Waals surface area contributed by atoms with Gasteiger partial charge in [-0.3, -0.25) is 4.79 Å². The number of carbonyl (C=O) groups is 1. The number of hydrogen-bond acceptors (Lipinski definition) is 1. The zero-order valence-electron chi connectivity index (χ0n) is 13.4. The number of halogens is 1. The van der Waals surface area contributed by atoms with Crippen molar-refractivity contribution in [1.82, 2.24) is 5.32 Å². The SMILES string of the molecule is Cc1ccc([C@@H](NC(=O)c2ccccc2F)c2ccccc2)cc1. The first kappa shape index (κ1) is 15.9. The molecule has 0 saturated heterocycles.